The Bertz CT molecular complexity index is 361. The second kappa shape index (κ2) is 4.46. The van der Waals surface area contributed by atoms with Crippen molar-refractivity contribution in [2.45, 2.75) is 6.92 Å². The van der Waals surface area contributed by atoms with Crippen LogP contribution in [-0.2, 0) is 0 Å². The molecule has 0 heterocycles. The van der Waals surface area contributed by atoms with Gasteiger partial charge in [-0.05, 0) is 28.9 Å². The van der Waals surface area contributed by atoms with E-state index in [4.69, 9.17) is 9.47 Å². The maximum absolute atomic E-state index is 10.8. The quantitative estimate of drug-likeness (QED) is 0.782. The van der Waals surface area contributed by atoms with E-state index in [9.17, 15) is 4.79 Å². The lowest BCUT2D eigenvalue weighted by Crippen LogP contribution is -1.98. The van der Waals surface area contributed by atoms with Crippen molar-refractivity contribution < 1.29 is 14.3 Å². The number of carbonyl (C=O) groups excluding carboxylic acids is 1. The van der Waals surface area contributed by atoms with Crippen LogP contribution in [-0.4, -0.2) is 20.5 Å². The third-order valence-corrected chi connectivity index (χ3v) is 2.67. The van der Waals surface area contributed by atoms with E-state index in [1.54, 1.807) is 13.2 Å². The Balaban J connectivity index is 3.47. The number of methoxy groups -OCH3 is 2. The molecule has 0 saturated heterocycles. The molecule has 1 rings (SSSR count). The molecule has 0 amide bonds. The first-order chi connectivity index (χ1) is 6.65. The van der Waals surface area contributed by atoms with Crippen molar-refractivity contribution in [2.24, 2.45) is 0 Å². The number of halogens is 1. The van der Waals surface area contributed by atoms with Crippen LogP contribution in [0.3, 0.4) is 0 Å². The Morgan fingerprint density at radius 3 is 2.43 bits per heavy atom. The predicted molar refractivity (Wildman–Crippen MR) is 57.4 cm³/mol. The summed E-state index contributed by atoms with van der Waals surface area (Å²) >= 11 is 3.28. The Hall–Kier alpha value is -1.03. The maximum Gasteiger partial charge on any atom is 0.154 e. The average Bonchev–Trinajstić information content (AvgIpc) is 2.20. The van der Waals surface area contributed by atoms with Gasteiger partial charge in [0.2, 0.25) is 0 Å². The van der Waals surface area contributed by atoms with Crippen LogP contribution < -0.4 is 9.47 Å². The van der Waals surface area contributed by atoms with Gasteiger partial charge in [-0.25, -0.2) is 0 Å². The molecule has 0 aliphatic carbocycles. The summed E-state index contributed by atoms with van der Waals surface area (Å²) < 4.78 is 11.0. The number of carbonyl (C=O) groups is 1. The van der Waals surface area contributed by atoms with Crippen molar-refractivity contribution in [3.8, 4) is 11.5 Å². The van der Waals surface area contributed by atoms with Crippen molar-refractivity contribution in [1.82, 2.24) is 0 Å². The van der Waals surface area contributed by atoms with Crippen LogP contribution in [0.2, 0.25) is 0 Å². The molecule has 1 aromatic rings. The van der Waals surface area contributed by atoms with Gasteiger partial charge in [0.15, 0.2) is 6.29 Å². The first kappa shape index (κ1) is 11.0. The fourth-order valence-corrected chi connectivity index (χ4v) is 1.79. The molecule has 0 bridgehead atoms. The topological polar surface area (TPSA) is 35.5 Å². The highest BCUT2D eigenvalue weighted by molar-refractivity contribution is 9.10. The summed E-state index contributed by atoms with van der Waals surface area (Å²) in [5.74, 6) is 1.24. The van der Waals surface area contributed by atoms with Crippen molar-refractivity contribution in [2.75, 3.05) is 14.2 Å². The molecular weight excluding hydrogens is 248 g/mol. The summed E-state index contributed by atoms with van der Waals surface area (Å²) in [6.45, 7) is 1.84. The number of rotatable bonds is 3. The highest BCUT2D eigenvalue weighted by Crippen LogP contribution is 2.35. The first-order valence-corrected chi connectivity index (χ1v) is 4.81. The lowest BCUT2D eigenvalue weighted by molar-refractivity contribution is 0.111. The molecule has 0 spiro atoms. The molecule has 0 fully saturated rings. The molecule has 3 nitrogen and oxygen atoms in total. The fraction of sp³-hybridized carbons (Fsp3) is 0.300. The minimum atomic E-state index is 0.505. The summed E-state index contributed by atoms with van der Waals surface area (Å²) in [6.07, 6.45) is 0.759. The van der Waals surface area contributed by atoms with Gasteiger partial charge in [-0.1, -0.05) is 0 Å². The number of ether oxygens (including phenoxy) is 2. The smallest absolute Gasteiger partial charge is 0.154 e. The molecule has 0 saturated carbocycles. The zero-order valence-corrected chi connectivity index (χ0v) is 9.84. The lowest BCUT2D eigenvalue weighted by atomic mass is 10.1. The van der Waals surface area contributed by atoms with Crippen LogP contribution in [0, 0.1) is 6.92 Å². The zero-order valence-electron chi connectivity index (χ0n) is 8.26. The van der Waals surface area contributed by atoms with Crippen molar-refractivity contribution in [1.29, 1.82) is 0 Å². The molecule has 4 heteroatoms. The Morgan fingerprint density at radius 2 is 2.00 bits per heavy atom. The lowest BCUT2D eigenvalue weighted by Gasteiger charge is -2.12. The molecule has 14 heavy (non-hydrogen) atoms. The molecule has 0 aliphatic heterocycles. The Labute approximate surface area is 91.1 Å². The van der Waals surface area contributed by atoms with Crippen LogP contribution in [0.5, 0.6) is 11.5 Å². The van der Waals surface area contributed by atoms with Crippen molar-refractivity contribution in [3.63, 3.8) is 0 Å². The average molecular weight is 259 g/mol. The zero-order chi connectivity index (χ0) is 10.7. The SMILES string of the molecule is COc1cc(Br)c(C=O)c(OC)c1C. The Kier molecular flexibility index (Phi) is 3.52. The van der Waals surface area contributed by atoms with Gasteiger partial charge in [-0.15, -0.1) is 0 Å². The predicted octanol–water partition coefficient (Wildman–Crippen LogP) is 2.59. The molecule has 0 aromatic heterocycles. The third-order valence-electron chi connectivity index (χ3n) is 2.01. The Morgan fingerprint density at radius 1 is 1.36 bits per heavy atom. The van der Waals surface area contributed by atoms with E-state index in [0.29, 0.717) is 21.5 Å². The number of hydrogen-bond donors (Lipinski definition) is 0. The minimum absolute atomic E-state index is 0.505. The van der Waals surface area contributed by atoms with Gasteiger partial charge in [0.1, 0.15) is 11.5 Å². The number of aldehydes is 1. The van der Waals surface area contributed by atoms with Crippen LogP contribution in [0.25, 0.3) is 0 Å². The summed E-state index contributed by atoms with van der Waals surface area (Å²) in [5, 5.41) is 0. The van der Waals surface area contributed by atoms with Crippen LogP contribution >= 0.6 is 15.9 Å². The van der Waals surface area contributed by atoms with Crippen molar-refractivity contribution >= 4 is 22.2 Å². The summed E-state index contributed by atoms with van der Waals surface area (Å²) in [6, 6.07) is 1.75. The molecule has 0 unspecified atom stereocenters. The van der Waals surface area contributed by atoms with Gasteiger partial charge in [0.05, 0.1) is 19.8 Å². The third kappa shape index (κ3) is 1.75. The summed E-state index contributed by atoms with van der Waals surface area (Å²) in [4.78, 5) is 10.8. The molecular formula is C10H11BrO3. The molecule has 76 valence electrons. The van der Waals surface area contributed by atoms with E-state index in [1.165, 1.54) is 7.11 Å². The standard InChI is InChI=1S/C10H11BrO3/c1-6-9(13-2)4-8(11)7(5-12)10(6)14-3/h4-5H,1-3H3. The van der Waals surface area contributed by atoms with Crippen LogP contribution in [0.4, 0.5) is 0 Å². The van der Waals surface area contributed by atoms with Gasteiger partial charge >= 0.3 is 0 Å². The summed E-state index contributed by atoms with van der Waals surface area (Å²) in [7, 11) is 3.11. The molecule has 0 radical (unpaired) electrons. The number of hydrogen-bond acceptors (Lipinski definition) is 3. The van der Waals surface area contributed by atoms with E-state index in [0.717, 1.165) is 11.8 Å². The van der Waals surface area contributed by atoms with E-state index >= 15 is 0 Å². The highest BCUT2D eigenvalue weighted by Gasteiger charge is 2.14. The maximum atomic E-state index is 10.8. The first-order valence-electron chi connectivity index (χ1n) is 4.02. The van der Waals surface area contributed by atoms with Crippen LogP contribution in [0.1, 0.15) is 15.9 Å². The van der Waals surface area contributed by atoms with Crippen LogP contribution in [0.15, 0.2) is 10.5 Å². The van der Waals surface area contributed by atoms with Crippen molar-refractivity contribution in [3.05, 3.63) is 21.7 Å². The van der Waals surface area contributed by atoms with Gasteiger partial charge < -0.3 is 9.47 Å². The van der Waals surface area contributed by atoms with Gasteiger partial charge in [-0.2, -0.15) is 0 Å². The second-order valence-electron chi connectivity index (χ2n) is 2.75. The highest BCUT2D eigenvalue weighted by atomic mass is 79.9. The molecule has 0 atom stereocenters. The van der Waals surface area contributed by atoms with E-state index in [1.807, 2.05) is 6.92 Å². The monoisotopic (exact) mass is 258 g/mol. The fourth-order valence-electron chi connectivity index (χ4n) is 1.31. The summed E-state index contributed by atoms with van der Waals surface area (Å²) in [5.41, 5.74) is 1.33. The molecule has 0 aliphatic rings. The molecule has 1 aromatic carbocycles. The normalized spacial score (nSPS) is 9.71. The van der Waals surface area contributed by atoms with E-state index in [2.05, 4.69) is 15.9 Å². The van der Waals surface area contributed by atoms with Gasteiger partial charge in [0, 0.05) is 10.0 Å². The van der Waals surface area contributed by atoms with Gasteiger partial charge in [-0.3, -0.25) is 4.79 Å². The second-order valence-corrected chi connectivity index (χ2v) is 3.60. The minimum Gasteiger partial charge on any atom is -0.496 e. The largest absolute Gasteiger partial charge is 0.496 e. The molecule has 0 N–H and O–H groups in total. The van der Waals surface area contributed by atoms with E-state index < -0.39 is 0 Å². The number of benzene rings is 1. The van der Waals surface area contributed by atoms with E-state index in [-0.39, 0.29) is 0 Å². The van der Waals surface area contributed by atoms with Gasteiger partial charge in [0.25, 0.3) is 0 Å².